The van der Waals surface area contributed by atoms with Gasteiger partial charge in [0, 0.05) is 0 Å². The zero-order valence-electron chi connectivity index (χ0n) is 34.4. The van der Waals surface area contributed by atoms with Crippen molar-refractivity contribution in [2.75, 3.05) is 0 Å². The van der Waals surface area contributed by atoms with Gasteiger partial charge in [0.2, 0.25) is 0 Å². The molecular formula is C48H58BCl2HfN2O2. The molecule has 2 aliphatic rings. The van der Waals surface area contributed by atoms with Crippen LogP contribution in [0.25, 0.3) is 34.4 Å². The van der Waals surface area contributed by atoms with E-state index < -0.39 is 27.8 Å². The summed E-state index contributed by atoms with van der Waals surface area (Å²) in [7, 11) is 17.7. The van der Waals surface area contributed by atoms with Gasteiger partial charge in [-0.3, -0.25) is 0 Å². The predicted molar refractivity (Wildman–Crippen MR) is 237 cm³/mol. The second-order valence-electron chi connectivity index (χ2n) is 17.9. The summed E-state index contributed by atoms with van der Waals surface area (Å²) in [5.41, 5.74) is 13.2. The van der Waals surface area contributed by atoms with Gasteiger partial charge in [-0.25, -0.2) is 0 Å². The summed E-state index contributed by atoms with van der Waals surface area (Å²) in [6, 6.07) is 30.5. The first-order valence-corrected chi connectivity index (χ1v) is 35.6. The molecule has 6 rings (SSSR count). The molecule has 0 heterocycles. The number of aryl methyl sites for hydroxylation is 2. The van der Waals surface area contributed by atoms with Gasteiger partial charge in [-0.1, -0.05) is 0 Å². The molecule has 8 heteroatoms. The number of benzene rings is 4. The molecule has 4 aromatic rings. The molecule has 4 aromatic carbocycles. The average Bonchev–Trinajstić information content (AvgIpc) is 3.79. The Bertz CT molecular complexity index is 2030. The van der Waals surface area contributed by atoms with Crippen LogP contribution in [0.5, 0.6) is 0 Å². The predicted octanol–water partition coefficient (Wildman–Crippen LogP) is 12.8. The van der Waals surface area contributed by atoms with Crippen LogP contribution in [-0.4, -0.2) is 17.4 Å². The molecule has 0 aromatic heterocycles. The van der Waals surface area contributed by atoms with E-state index in [1.165, 1.54) is 22.3 Å². The molecule has 0 saturated heterocycles. The third-order valence-electron chi connectivity index (χ3n) is 12.2. The molecule has 0 spiro atoms. The van der Waals surface area contributed by atoms with Crippen molar-refractivity contribution >= 4 is 46.7 Å². The third kappa shape index (κ3) is 7.60. The fourth-order valence-corrected chi connectivity index (χ4v) is 39.7. The van der Waals surface area contributed by atoms with Crippen LogP contribution in [0.4, 0.5) is 0 Å². The van der Waals surface area contributed by atoms with Crippen molar-refractivity contribution in [3.63, 3.8) is 0 Å². The number of carbonyl (C=O) groups excluding carboxylic acids is 2. The maximum atomic E-state index is 12.7. The summed E-state index contributed by atoms with van der Waals surface area (Å²) in [6.07, 6.45) is 12.4. The van der Waals surface area contributed by atoms with Crippen molar-refractivity contribution in [1.29, 1.82) is 0 Å². The van der Waals surface area contributed by atoms with E-state index in [4.69, 9.17) is 17.2 Å². The van der Waals surface area contributed by atoms with Gasteiger partial charge >= 0.3 is 346 Å². The topological polar surface area (TPSA) is 58.2 Å². The van der Waals surface area contributed by atoms with Crippen LogP contribution >= 0.6 is 17.2 Å². The molecule has 0 saturated carbocycles. The number of fused-ring (bicyclic) bond motifs is 2. The van der Waals surface area contributed by atoms with E-state index in [0.29, 0.717) is 12.8 Å². The number of allylic oxidation sites excluding steroid dienone is 2. The molecule has 0 radical (unpaired) electrons. The van der Waals surface area contributed by atoms with Gasteiger partial charge in [-0.05, 0) is 0 Å². The summed E-state index contributed by atoms with van der Waals surface area (Å²) in [5.74, 6) is 0. The Balaban J connectivity index is 1.70. The first-order chi connectivity index (χ1) is 26.6. The maximum absolute atomic E-state index is 12.7. The Morgan fingerprint density at radius 2 is 0.964 bits per heavy atom. The summed E-state index contributed by atoms with van der Waals surface area (Å²) < 4.78 is -1.87. The van der Waals surface area contributed by atoms with E-state index in [-0.39, 0.29) is 10.8 Å². The van der Waals surface area contributed by atoms with Crippen molar-refractivity contribution in [1.82, 2.24) is 10.5 Å². The van der Waals surface area contributed by atoms with Gasteiger partial charge in [0.1, 0.15) is 0 Å². The van der Waals surface area contributed by atoms with Crippen LogP contribution in [0.1, 0.15) is 122 Å². The van der Waals surface area contributed by atoms with Crippen molar-refractivity contribution in [2.45, 2.75) is 101 Å². The van der Waals surface area contributed by atoms with Crippen molar-refractivity contribution < 1.29 is 25.5 Å². The Morgan fingerprint density at radius 1 is 0.589 bits per heavy atom. The third-order valence-corrected chi connectivity index (χ3v) is 40.5. The molecule has 2 N–H and O–H groups in total. The summed E-state index contributed by atoms with van der Waals surface area (Å²) in [5, 5.41) is 6.08. The van der Waals surface area contributed by atoms with Crippen molar-refractivity contribution in [2.24, 2.45) is 10.8 Å². The molecule has 56 heavy (non-hydrogen) atoms. The van der Waals surface area contributed by atoms with Gasteiger partial charge in [0.25, 0.3) is 0 Å². The zero-order chi connectivity index (χ0) is 40.5. The monoisotopic (exact) mass is 955 g/mol. The first kappa shape index (κ1) is 42.4. The Morgan fingerprint density at radius 3 is 1.32 bits per heavy atom. The van der Waals surface area contributed by atoms with Crippen molar-refractivity contribution in [3.8, 4) is 22.3 Å². The molecule has 0 fully saturated rings. The Hall–Kier alpha value is -3.18. The van der Waals surface area contributed by atoms with Gasteiger partial charge in [0.15, 0.2) is 0 Å². The fourth-order valence-electron chi connectivity index (χ4n) is 9.50. The number of carbonyl (C=O) groups is 2. The molecule has 0 bridgehead atoms. The van der Waals surface area contributed by atoms with E-state index in [1.807, 2.05) is 0 Å². The van der Waals surface area contributed by atoms with Crippen LogP contribution in [0, 0.1) is 10.8 Å². The molecule has 2 unspecified atom stereocenters. The number of hydrogen-bond donors (Lipinski definition) is 2. The van der Waals surface area contributed by atoms with Gasteiger partial charge in [0.05, 0.1) is 0 Å². The normalized spacial score (nSPS) is 17.2. The molecule has 4 nitrogen and oxygen atoms in total. The fraction of sp³-hybridized carbons (Fsp3) is 0.375. The van der Waals surface area contributed by atoms with Crippen LogP contribution in [-0.2, 0) is 38.3 Å². The zero-order valence-corrected chi connectivity index (χ0v) is 39.5. The van der Waals surface area contributed by atoms with Crippen LogP contribution in [0.2, 0.25) is 0 Å². The molecule has 0 aliphatic heterocycles. The number of rotatable bonds is 15. The number of unbranched alkanes of at least 4 members (excludes halogenated alkanes) is 2. The summed E-state index contributed by atoms with van der Waals surface area (Å²) >= 11 is -6.21. The van der Waals surface area contributed by atoms with Crippen LogP contribution < -0.4 is 10.5 Å². The summed E-state index contributed by atoms with van der Waals surface area (Å²) in [4.78, 5) is 25.4. The summed E-state index contributed by atoms with van der Waals surface area (Å²) in [6.45, 7) is 17.8. The first-order valence-electron chi connectivity index (χ1n) is 20.4. The number of nitrogens with one attached hydrogen (secondary N) is 2. The number of halogens is 2. The van der Waals surface area contributed by atoms with E-state index in [9.17, 15) is 9.59 Å². The molecule has 293 valence electrons. The quantitative estimate of drug-likeness (QED) is 0.0921. The van der Waals surface area contributed by atoms with Crippen molar-refractivity contribution in [3.05, 3.63) is 129 Å². The Kier molecular flexibility index (Phi) is 12.6. The Labute approximate surface area is 344 Å². The molecule has 2 aliphatic carbocycles. The van der Waals surface area contributed by atoms with E-state index in [1.54, 1.807) is 0 Å². The van der Waals surface area contributed by atoms with E-state index >= 15 is 0 Å². The SMILES string of the molecule is CCCCc1ccccc1-c1cccc2c1C=C(C(C)(C)C)[CH]2[Hf]([Cl])([Cl])([B](NC=O)NC=O)[CH]1C(C(C)(C)C)=Cc2c(-c3ccccc3CCCC)cccc21. The number of amides is 2. The number of hydrogen-bond acceptors (Lipinski definition) is 2. The minimum atomic E-state index is -6.21. The second kappa shape index (κ2) is 16.6. The second-order valence-corrected chi connectivity index (χ2v) is 48.4. The standard InChI is InChI=1S/2C23H27.C2H3BN2O2.2ClH.Hf/c2*1-5-6-10-17-11-7-8-13-20(17)21-14-9-12-18-15-19(16-22(18)21)23(2,3)4;6-1-4-3-5-2-7;;;/h2*7-9,11-16H,5-6,10H2,1-4H3;1-2H,(H-,4,5,6,7);2*1H;/q;;;;;+1/p-1. The average molecular weight is 955 g/mol. The van der Waals surface area contributed by atoms with Gasteiger partial charge < -0.3 is 0 Å². The van der Waals surface area contributed by atoms with Gasteiger partial charge in [-0.2, -0.15) is 0 Å². The molecule has 2 atom stereocenters. The van der Waals surface area contributed by atoms with E-state index in [0.717, 1.165) is 83.1 Å². The van der Waals surface area contributed by atoms with Crippen LogP contribution in [0.15, 0.2) is 96.1 Å². The van der Waals surface area contributed by atoms with Crippen LogP contribution in [0.3, 0.4) is 0 Å². The molecular weight excluding hydrogens is 897 g/mol. The minimum absolute atomic E-state index is 0.357. The van der Waals surface area contributed by atoms with E-state index in [2.05, 4.69) is 163 Å². The molecule has 2 amide bonds. The van der Waals surface area contributed by atoms with Gasteiger partial charge in [-0.15, -0.1) is 0 Å².